The van der Waals surface area contributed by atoms with E-state index in [9.17, 15) is 5.11 Å². The molecule has 1 atom stereocenters. The molecule has 0 aliphatic heterocycles. The van der Waals surface area contributed by atoms with E-state index in [-0.39, 0.29) is 5.41 Å². The van der Waals surface area contributed by atoms with Crippen LogP contribution in [-0.2, 0) is 17.4 Å². The maximum absolute atomic E-state index is 10.5. The Morgan fingerprint density at radius 1 is 1.38 bits per heavy atom. The molecule has 0 spiro atoms. The van der Waals surface area contributed by atoms with Gasteiger partial charge in [-0.2, -0.15) is 0 Å². The minimum Gasteiger partial charge on any atom is -0.384 e. The number of nitrogens with zero attached hydrogens (tertiary/aromatic N) is 1. The maximum Gasteiger partial charge on any atom is 0.107 e. The lowest BCUT2D eigenvalue weighted by molar-refractivity contribution is 0.0303. The summed E-state index contributed by atoms with van der Waals surface area (Å²) in [6.07, 6.45) is 2.52. The monoisotopic (exact) mass is 219 g/mol. The number of aromatic nitrogens is 1. The molecule has 16 heavy (non-hydrogen) atoms. The minimum absolute atomic E-state index is 0.0479. The van der Waals surface area contributed by atoms with Gasteiger partial charge in [0.2, 0.25) is 0 Å². The first kappa shape index (κ1) is 11.6. The highest BCUT2D eigenvalue weighted by atomic mass is 16.3. The molecular formula is C14H21NO. The first-order chi connectivity index (χ1) is 7.37. The van der Waals surface area contributed by atoms with Gasteiger partial charge >= 0.3 is 0 Å². The van der Waals surface area contributed by atoms with Gasteiger partial charge in [-0.1, -0.05) is 33.8 Å². The third-order valence-corrected chi connectivity index (χ3v) is 3.58. The van der Waals surface area contributed by atoms with Crippen molar-refractivity contribution in [2.24, 2.45) is 0 Å². The van der Waals surface area contributed by atoms with Gasteiger partial charge in [-0.15, -0.1) is 0 Å². The molecular weight excluding hydrogens is 198 g/mol. The van der Waals surface area contributed by atoms with Crippen molar-refractivity contribution in [1.29, 1.82) is 0 Å². The predicted molar refractivity (Wildman–Crippen MR) is 65.4 cm³/mol. The summed E-state index contributed by atoms with van der Waals surface area (Å²) in [7, 11) is 0. The normalized spacial score (nSPS) is 24.6. The lowest BCUT2D eigenvalue weighted by Gasteiger charge is -2.24. The van der Waals surface area contributed by atoms with Crippen LogP contribution in [-0.4, -0.2) is 10.1 Å². The Hall–Kier alpha value is -0.890. The van der Waals surface area contributed by atoms with Crippen LogP contribution in [0.15, 0.2) is 12.1 Å². The predicted octanol–water partition coefficient (Wildman–Crippen LogP) is 2.92. The van der Waals surface area contributed by atoms with Crippen LogP contribution in [0.1, 0.15) is 57.5 Å². The van der Waals surface area contributed by atoms with E-state index >= 15 is 0 Å². The van der Waals surface area contributed by atoms with E-state index < -0.39 is 5.60 Å². The molecule has 1 aromatic rings. The quantitative estimate of drug-likeness (QED) is 0.787. The molecule has 0 bridgehead atoms. The first-order valence-corrected chi connectivity index (χ1v) is 6.10. The summed E-state index contributed by atoms with van der Waals surface area (Å²) in [5.41, 5.74) is 2.57. The van der Waals surface area contributed by atoms with E-state index in [2.05, 4.69) is 32.9 Å². The summed E-state index contributed by atoms with van der Waals surface area (Å²) in [5, 5.41) is 10.5. The molecule has 1 aliphatic carbocycles. The molecule has 2 heteroatoms. The third-order valence-electron chi connectivity index (χ3n) is 3.58. The Balaban J connectivity index is 2.50. The Labute approximate surface area is 97.7 Å². The Kier molecular flexibility index (Phi) is 2.58. The van der Waals surface area contributed by atoms with Gasteiger partial charge in [0, 0.05) is 11.1 Å². The Bertz CT molecular complexity index is 406. The van der Waals surface area contributed by atoms with Crippen LogP contribution in [0.4, 0.5) is 0 Å². The summed E-state index contributed by atoms with van der Waals surface area (Å²) in [6.45, 7) is 8.49. The Morgan fingerprint density at radius 2 is 2.06 bits per heavy atom. The van der Waals surface area contributed by atoms with Gasteiger partial charge in [-0.25, -0.2) is 0 Å². The van der Waals surface area contributed by atoms with Crippen molar-refractivity contribution in [2.45, 2.75) is 58.0 Å². The highest BCUT2D eigenvalue weighted by Gasteiger charge is 2.37. The fourth-order valence-electron chi connectivity index (χ4n) is 2.31. The first-order valence-electron chi connectivity index (χ1n) is 6.10. The number of pyridine rings is 1. The molecule has 0 aromatic carbocycles. The van der Waals surface area contributed by atoms with Crippen molar-refractivity contribution < 1.29 is 5.11 Å². The van der Waals surface area contributed by atoms with Crippen molar-refractivity contribution in [2.75, 3.05) is 0 Å². The lowest BCUT2D eigenvalue weighted by atomic mass is 9.90. The fourth-order valence-corrected chi connectivity index (χ4v) is 2.31. The van der Waals surface area contributed by atoms with Crippen LogP contribution in [0.2, 0.25) is 0 Å². The molecule has 0 radical (unpaired) electrons. The molecule has 0 saturated carbocycles. The second kappa shape index (κ2) is 3.56. The van der Waals surface area contributed by atoms with Crippen molar-refractivity contribution in [3.05, 3.63) is 29.1 Å². The number of aryl methyl sites for hydroxylation is 1. The highest BCUT2D eigenvalue weighted by molar-refractivity contribution is 5.34. The largest absolute Gasteiger partial charge is 0.384 e. The smallest absolute Gasteiger partial charge is 0.107 e. The van der Waals surface area contributed by atoms with E-state index in [0.717, 1.165) is 30.7 Å². The van der Waals surface area contributed by atoms with Crippen molar-refractivity contribution in [3.63, 3.8) is 0 Å². The highest BCUT2D eigenvalue weighted by Crippen LogP contribution is 2.38. The van der Waals surface area contributed by atoms with Crippen molar-refractivity contribution >= 4 is 0 Å². The van der Waals surface area contributed by atoms with Gasteiger partial charge in [-0.3, -0.25) is 4.98 Å². The zero-order chi connectivity index (χ0) is 12.0. The van der Waals surface area contributed by atoms with Crippen LogP contribution < -0.4 is 0 Å². The summed E-state index contributed by atoms with van der Waals surface area (Å²) in [4.78, 5) is 4.70. The van der Waals surface area contributed by atoms with E-state index in [4.69, 9.17) is 4.98 Å². The molecule has 1 aliphatic rings. The van der Waals surface area contributed by atoms with Crippen LogP contribution in [0.25, 0.3) is 0 Å². The summed E-state index contributed by atoms with van der Waals surface area (Å²) in [5.74, 6) is 0. The van der Waals surface area contributed by atoms with Crippen molar-refractivity contribution in [1.82, 2.24) is 4.98 Å². The molecule has 1 heterocycles. The second-order valence-corrected chi connectivity index (χ2v) is 5.84. The Morgan fingerprint density at radius 3 is 2.62 bits per heavy atom. The van der Waals surface area contributed by atoms with Crippen LogP contribution in [0.3, 0.4) is 0 Å². The molecule has 88 valence electrons. The second-order valence-electron chi connectivity index (χ2n) is 5.84. The third kappa shape index (κ3) is 1.75. The van der Waals surface area contributed by atoms with E-state index in [1.807, 2.05) is 6.92 Å². The van der Waals surface area contributed by atoms with E-state index in [0.29, 0.717) is 0 Å². The number of aliphatic hydroxyl groups is 1. The van der Waals surface area contributed by atoms with Crippen LogP contribution in [0, 0.1) is 0 Å². The zero-order valence-electron chi connectivity index (χ0n) is 10.7. The number of rotatable bonds is 1. The van der Waals surface area contributed by atoms with Gasteiger partial charge in [0.25, 0.3) is 0 Å². The molecule has 0 saturated heterocycles. The molecule has 0 unspecified atom stereocenters. The zero-order valence-corrected chi connectivity index (χ0v) is 10.7. The molecule has 2 rings (SSSR count). The summed E-state index contributed by atoms with van der Waals surface area (Å²) in [6, 6.07) is 4.23. The van der Waals surface area contributed by atoms with Gasteiger partial charge < -0.3 is 5.11 Å². The summed E-state index contributed by atoms with van der Waals surface area (Å²) >= 11 is 0. The van der Waals surface area contributed by atoms with E-state index in [1.165, 1.54) is 5.56 Å². The molecule has 2 nitrogen and oxygen atoms in total. The van der Waals surface area contributed by atoms with Crippen molar-refractivity contribution in [3.8, 4) is 0 Å². The van der Waals surface area contributed by atoms with Crippen LogP contribution >= 0.6 is 0 Å². The molecule has 1 aromatic heterocycles. The number of hydrogen-bond acceptors (Lipinski definition) is 2. The maximum atomic E-state index is 10.5. The fraction of sp³-hybridized carbons (Fsp3) is 0.643. The number of fused-ring (bicyclic) bond motifs is 1. The van der Waals surface area contributed by atoms with E-state index in [1.54, 1.807) is 0 Å². The van der Waals surface area contributed by atoms with Gasteiger partial charge in [-0.05, 0) is 30.9 Å². The lowest BCUT2D eigenvalue weighted by Crippen LogP contribution is -2.24. The topological polar surface area (TPSA) is 33.1 Å². The SMILES string of the molecule is CC[C@]1(O)CCc2ccc(C(C)(C)C)nc21. The number of hydrogen-bond donors (Lipinski definition) is 1. The average molecular weight is 219 g/mol. The summed E-state index contributed by atoms with van der Waals surface area (Å²) < 4.78 is 0. The van der Waals surface area contributed by atoms with Gasteiger partial charge in [0.05, 0.1) is 5.69 Å². The van der Waals surface area contributed by atoms with Gasteiger partial charge in [0.1, 0.15) is 5.60 Å². The molecule has 0 fully saturated rings. The molecule has 0 amide bonds. The average Bonchev–Trinajstić information content (AvgIpc) is 2.56. The minimum atomic E-state index is -0.684. The molecule has 1 N–H and O–H groups in total. The standard InChI is InChI=1S/C14H21NO/c1-5-14(16)9-8-10-6-7-11(13(2,3)4)15-12(10)14/h6-7,16H,5,8-9H2,1-4H3/t14-/m0/s1. The van der Waals surface area contributed by atoms with Gasteiger partial charge in [0.15, 0.2) is 0 Å². The van der Waals surface area contributed by atoms with Crippen LogP contribution in [0.5, 0.6) is 0 Å².